The van der Waals surface area contributed by atoms with Crippen LogP contribution in [0.2, 0.25) is 0 Å². The first-order valence-electron chi connectivity index (χ1n) is 8.34. The zero-order valence-electron chi connectivity index (χ0n) is 13.4. The van der Waals surface area contributed by atoms with Gasteiger partial charge in [0.25, 0.3) is 0 Å². The first kappa shape index (κ1) is 17.2. The first-order valence-corrected chi connectivity index (χ1v) is 8.34. The van der Waals surface area contributed by atoms with E-state index in [2.05, 4.69) is 4.98 Å². The number of aromatic nitrogens is 1. The Balaban J connectivity index is 1.85. The number of pyridine rings is 1. The first-order chi connectivity index (χ1) is 11.5. The lowest BCUT2D eigenvalue weighted by Gasteiger charge is -2.37. The second-order valence-corrected chi connectivity index (χ2v) is 6.44. The van der Waals surface area contributed by atoms with Gasteiger partial charge in [0.05, 0.1) is 24.3 Å². The summed E-state index contributed by atoms with van der Waals surface area (Å²) in [5.74, 6) is -1.05. The number of carbonyl (C=O) groups is 1. The van der Waals surface area contributed by atoms with Crippen LogP contribution in [0.4, 0.5) is 13.2 Å². The number of halogens is 3. The Hall–Kier alpha value is -1.63. The van der Waals surface area contributed by atoms with E-state index in [1.54, 1.807) is 12.3 Å². The summed E-state index contributed by atoms with van der Waals surface area (Å²) in [5.41, 5.74) is 1.60. The van der Waals surface area contributed by atoms with Crippen LogP contribution in [0.5, 0.6) is 0 Å². The predicted molar refractivity (Wildman–Crippen MR) is 81.5 cm³/mol. The van der Waals surface area contributed by atoms with Gasteiger partial charge in [-0.25, -0.2) is 0 Å². The van der Waals surface area contributed by atoms with Crippen molar-refractivity contribution >= 4 is 5.91 Å². The van der Waals surface area contributed by atoms with Gasteiger partial charge in [-0.3, -0.25) is 9.78 Å². The Morgan fingerprint density at radius 1 is 1.33 bits per heavy atom. The van der Waals surface area contributed by atoms with Crippen molar-refractivity contribution in [2.45, 2.75) is 50.2 Å². The van der Waals surface area contributed by atoms with Crippen LogP contribution in [0, 0.1) is 0 Å². The van der Waals surface area contributed by atoms with E-state index in [1.165, 1.54) is 0 Å². The molecule has 1 fully saturated rings. The fourth-order valence-electron chi connectivity index (χ4n) is 3.60. The predicted octanol–water partition coefficient (Wildman–Crippen LogP) is 3.07. The molecule has 1 aliphatic heterocycles. The van der Waals surface area contributed by atoms with Gasteiger partial charge in [0.1, 0.15) is 6.54 Å². The van der Waals surface area contributed by atoms with Crippen molar-refractivity contribution in [3.63, 3.8) is 0 Å². The molecule has 0 spiro atoms. The molecule has 2 heterocycles. The summed E-state index contributed by atoms with van der Waals surface area (Å²) in [6, 6.07) is 3.19. The maximum absolute atomic E-state index is 13.0. The van der Waals surface area contributed by atoms with Gasteiger partial charge in [0.15, 0.2) is 0 Å². The fourth-order valence-corrected chi connectivity index (χ4v) is 3.60. The minimum absolute atomic E-state index is 0.170. The van der Waals surface area contributed by atoms with E-state index in [4.69, 9.17) is 4.74 Å². The third-order valence-electron chi connectivity index (χ3n) is 4.70. The number of fused-ring (bicyclic) bond motifs is 1. The van der Waals surface area contributed by atoms with Crippen molar-refractivity contribution < 1.29 is 22.7 Å². The van der Waals surface area contributed by atoms with Crippen molar-refractivity contribution in [3.8, 4) is 0 Å². The van der Waals surface area contributed by atoms with Crippen molar-refractivity contribution in [3.05, 3.63) is 29.6 Å². The topological polar surface area (TPSA) is 42.4 Å². The Morgan fingerprint density at radius 2 is 2.17 bits per heavy atom. The summed E-state index contributed by atoms with van der Waals surface area (Å²) in [6.07, 6.45) is 0.548. The highest BCUT2D eigenvalue weighted by atomic mass is 19.4. The smallest absolute Gasteiger partial charge is 0.379 e. The molecule has 0 radical (unpaired) electrons. The molecule has 2 aliphatic rings. The van der Waals surface area contributed by atoms with Gasteiger partial charge in [0.2, 0.25) is 5.91 Å². The van der Waals surface area contributed by atoms with E-state index in [0.717, 1.165) is 23.3 Å². The number of carbonyl (C=O) groups excluding carboxylic acids is 1. The Morgan fingerprint density at radius 3 is 2.88 bits per heavy atom. The molecule has 1 amide bonds. The minimum atomic E-state index is -4.42. The number of alkyl halides is 3. The Bertz CT molecular complexity index is 585. The molecule has 0 bridgehead atoms. The zero-order chi connectivity index (χ0) is 17.2. The third kappa shape index (κ3) is 3.88. The summed E-state index contributed by atoms with van der Waals surface area (Å²) in [4.78, 5) is 18.2. The molecule has 2 atom stereocenters. The second kappa shape index (κ2) is 7.09. The maximum Gasteiger partial charge on any atom is 0.406 e. The highest BCUT2D eigenvalue weighted by molar-refractivity contribution is 5.84. The molecule has 1 saturated heterocycles. The highest BCUT2D eigenvalue weighted by Gasteiger charge is 2.41. The molecule has 4 nitrogen and oxygen atoms in total. The lowest BCUT2D eigenvalue weighted by molar-refractivity contribution is -0.171. The van der Waals surface area contributed by atoms with Gasteiger partial charge in [-0.15, -0.1) is 0 Å². The fraction of sp³-hybridized carbons (Fsp3) is 0.647. The number of hydrogen-bond donors (Lipinski definition) is 0. The molecule has 0 unspecified atom stereocenters. The Kier molecular flexibility index (Phi) is 5.08. The van der Waals surface area contributed by atoms with Crippen molar-refractivity contribution in [2.75, 3.05) is 19.8 Å². The number of rotatable bonds is 3. The van der Waals surface area contributed by atoms with Crippen LogP contribution in [0.25, 0.3) is 0 Å². The molecule has 1 aromatic rings. The number of amides is 1. The van der Waals surface area contributed by atoms with Gasteiger partial charge < -0.3 is 9.64 Å². The van der Waals surface area contributed by atoms with E-state index < -0.39 is 30.6 Å². The van der Waals surface area contributed by atoms with E-state index in [0.29, 0.717) is 31.6 Å². The van der Waals surface area contributed by atoms with Crippen molar-refractivity contribution in [2.24, 2.45) is 0 Å². The largest absolute Gasteiger partial charge is 0.406 e. The molecule has 24 heavy (non-hydrogen) atoms. The van der Waals surface area contributed by atoms with Crippen LogP contribution >= 0.6 is 0 Å². The molecular weight excluding hydrogens is 321 g/mol. The molecule has 0 saturated carbocycles. The van der Waals surface area contributed by atoms with Gasteiger partial charge in [-0.2, -0.15) is 13.2 Å². The summed E-state index contributed by atoms with van der Waals surface area (Å²) in [7, 11) is 0. The van der Waals surface area contributed by atoms with Gasteiger partial charge >= 0.3 is 6.18 Å². The van der Waals surface area contributed by atoms with E-state index in [9.17, 15) is 18.0 Å². The molecule has 0 aromatic carbocycles. The SMILES string of the molecule is O=C([C@H]1CCCc2cccnc21)N(CC(F)(F)F)[C@H]1CCCOC1. The number of aryl methyl sites for hydroxylation is 1. The maximum atomic E-state index is 13.0. The molecule has 0 N–H and O–H groups in total. The van der Waals surface area contributed by atoms with Crippen LogP contribution in [-0.4, -0.2) is 47.8 Å². The highest BCUT2D eigenvalue weighted by Crippen LogP contribution is 2.33. The zero-order valence-corrected chi connectivity index (χ0v) is 13.4. The van der Waals surface area contributed by atoms with Gasteiger partial charge in [-0.1, -0.05) is 6.07 Å². The van der Waals surface area contributed by atoms with Crippen LogP contribution in [0.15, 0.2) is 18.3 Å². The van der Waals surface area contributed by atoms with Gasteiger partial charge in [-0.05, 0) is 43.7 Å². The summed E-state index contributed by atoms with van der Waals surface area (Å²) < 4.78 is 44.4. The average molecular weight is 342 g/mol. The molecule has 1 aromatic heterocycles. The van der Waals surface area contributed by atoms with E-state index in [-0.39, 0.29) is 6.61 Å². The summed E-state index contributed by atoms with van der Waals surface area (Å²) >= 11 is 0. The molecule has 3 rings (SSSR count). The van der Waals surface area contributed by atoms with E-state index >= 15 is 0 Å². The average Bonchev–Trinajstić information content (AvgIpc) is 2.58. The lowest BCUT2D eigenvalue weighted by atomic mass is 9.85. The quantitative estimate of drug-likeness (QED) is 0.848. The standard InChI is InChI=1S/C17H21F3N2O2/c18-17(19,20)11-22(13-6-3-9-24-10-13)16(23)14-7-1-4-12-5-2-8-21-15(12)14/h2,5,8,13-14H,1,3-4,6-7,9-11H2/t13-,14-/m0/s1. The van der Waals surface area contributed by atoms with E-state index in [1.807, 2.05) is 6.07 Å². The molecule has 7 heteroatoms. The minimum Gasteiger partial charge on any atom is -0.379 e. The number of ether oxygens (including phenoxy) is 1. The van der Waals surface area contributed by atoms with Gasteiger partial charge in [0, 0.05) is 12.8 Å². The Labute approximate surface area is 139 Å². The normalized spacial score (nSPS) is 24.3. The van der Waals surface area contributed by atoms with Crippen LogP contribution < -0.4 is 0 Å². The lowest BCUT2D eigenvalue weighted by Crippen LogP contribution is -2.51. The third-order valence-corrected chi connectivity index (χ3v) is 4.70. The monoisotopic (exact) mass is 342 g/mol. The van der Waals surface area contributed by atoms with Crippen LogP contribution in [0.3, 0.4) is 0 Å². The summed E-state index contributed by atoms with van der Waals surface area (Å²) in [5, 5.41) is 0. The molecular formula is C17H21F3N2O2. The van der Waals surface area contributed by atoms with Crippen molar-refractivity contribution in [1.29, 1.82) is 0 Å². The summed E-state index contributed by atoms with van der Waals surface area (Å²) in [6.45, 7) is -0.513. The molecule has 1 aliphatic carbocycles. The number of hydrogen-bond acceptors (Lipinski definition) is 3. The second-order valence-electron chi connectivity index (χ2n) is 6.44. The van der Waals surface area contributed by atoms with Crippen LogP contribution in [-0.2, 0) is 16.0 Å². The van der Waals surface area contributed by atoms with Crippen molar-refractivity contribution in [1.82, 2.24) is 9.88 Å². The molecule has 132 valence electrons. The van der Waals surface area contributed by atoms with Crippen LogP contribution in [0.1, 0.15) is 42.9 Å². The number of nitrogens with zero attached hydrogens (tertiary/aromatic N) is 2.